The summed E-state index contributed by atoms with van der Waals surface area (Å²) in [6, 6.07) is 10.7. The van der Waals surface area contributed by atoms with Crippen LogP contribution in [0.3, 0.4) is 0 Å². The Hall–Kier alpha value is -2.58. The number of aryl methyl sites for hydroxylation is 1. The van der Waals surface area contributed by atoms with Gasteiger partial charge < -0.3 is 14.2 Å². The third-order valence-corrected chi connectivity index (χ3v) is 10.1. The molecular weight excluding hydrogens is 490 g/mol. The molecule has 5 rings (SSSR count). The fraction of sp³-hybridized carbons (Fsp3) is 0.552. The summed E-state index contributed by atoms with van der Waals surface area (Å²) < 4.78 is 46.2. The van der Waals surface area contributed by atoms with Gasteiger partial charge in [0.2, 0.25) is 0 Å². The highest BCUT2D eigenvalue weighted by Gasteiger charge is 2.36. The lowest BCUT2D eigenvalue weighted by molar-refractivity contribution is 0.0483. The Morgan fingerprint density at radius 1 is 1.05 bits per heavy atom. The van der Waals surface area contributed by atoms with Crippen LogP contribution in [0.4, 0.5) is 5.69 Å². The number of methoxy groups -OCH3 is 1. The van der Waals surface area contributed by atoms with Crippen molar-refractivity contribution in [2.24, 2.45) is 5.92 Å². The molecule has 1 aliphatic carbocycles. The minimum absolute atomic E-state index is 0.0701. The number of sulfonamides is 1. The second-order valence-electron chi connectivity index (χ2n) is 10.4. The lowest BCUT2D eigenvalue weighted by Crippen LogP contribution is -2.43. The molecule has 2 fully saturated rings. The second kappa shape index (κ2) is 11.0. The zero-order valence-corrected chi connectivity index (χ0v) is 22.6. The predicted octanol–water partition coefficient (Wildman–Crippen LogP) is 5.47. The maximum atomic E-state index is 14.1. The molecular formula is C29H37NO6S. The molecule has 2 heterocycles. The maximum Gasteiger partial charge on any atom is 0.341 e. The van der Waals surface area contributed by atoms with Gasteiger partial charge in [-0.3, -0.25) is 4.31 Å². The third-order valence-electron chi connectivity index (χ3n) is 8.20. The van der Waals surface area contributed by atoms with E-state index >= 15 is 0 Å². The van der Waals surface area contributed by atoms with E-state index in [-0.39, 0.29) is 16.5 Å². The standard InChI is InChI=1S/C29H37NO6S/c1-3-24-9-7-23-17-22(21-5-4-6-21)8-11-27(23)30(24)37(32,33)25-10-12-28(26(18-25)29(31)34-2)36-19-20-13-15-35-16-14-20/h8,10-12,17-18,20-21,24H,3-7,9,13-16,19H2,1-2H3/t24-/m1/s1. The minimum Gasteiger partial charge on any atom is -0.492 e. The quantitative estimate of drug-likeness (QED) is 0.424. The van der Waals surface area contributed by atoms with Gasteiger partial charge in [0.25, 0.3) is 10.0 Å². The van der Waals surface area contributed by atoms with Crippen molar-refractivity contribution in [2.45, 2.75) is 75.1 Å². The van der Waals surface area contributed by atoms with Crippen LogP contribution in [0, 0.1) is 5.92 Å². The van der Waals surface area contributed by atoms with Crippen LogP contribution in [0.2, 0.25) is 0 Å². The van der Waals surface area contributed by atoms with Gasteiger partial charge in [0.15, 0.2) is 0 Å². The topological polar surface area (TPSA) is 82.1 Å². The molecule has 2 aromatic rings. The Morgan fingerprint density at radius 2 is 1.84 bits per heavy atom. The van der Waals surface area contributed by atoms with Gasteiger partial charge in [-0.1, -0.05) is 25.5 Å². The Kier molecular flexibility index (Phi) is 7.77. The van der Waals surface area contributed by atoms with Gasteiger partial charge in [0, 0.05) is 19.3 Å². The number of rotatable bonds is 8. The lowest BCUT2D eigenvalue weighted by atomic mass is 9.79. The molecule has 8 heteroatoms. The number of anilines is 1. The highest BCUT2D eigenvalue weighted by atomic mass is 32.2. The predicted molar refractivity (Wildman–Crippen MR) is 142 cm³/mol. The van der Waals surface area contributed by atoms with E-state index in [1.165, 1.54) is 38.0 Å². The fourth-order valence-corrected chi connectivity index (χ4v) is 7.47. The average Bonchev–Trinajstić information content (AvgIpc) is 2.90. The van der Waals surface area contributed by atoms with Crippen LogP contribution in [0.5, 0.6) is 5.75 Å². The molecule has 3 aliphatic rings. The van der Waals surface area contributed by atoms with Crippen molar-refractivity contribution < 1.29 is 27.4 Å². The van der Waals surface area contributed by atoms with E-state index in [9.17, 15) is 13.2 Å². The molecule has 0 aromatic heterocycles. The van der Waals surface area contributed by atoms with E-state index in [0.29, 0.717) is 43.8 Å². The van der Waals surface area contributed by atoms with Gasteiger partial charge >= 0.3 is 5.97 Å². The summed E-state index contributed by atoms with van der Waals surface area (Å²) in [4.78, 5) is 12.7. The number of carbonyl (C=O) groups excluding carboxylic acids is 1. The summed E-state index contributed by atoms with van der Waals surface area (Å²) in [6.07, 6.45) is 7.82. The fourth-order valence-electron chi connectivity index (χ4n) is 5.65. The van der Waals surface area contributed by atoms with Crippen molar-refractivity contribution in [3.8, 4) is 5.75 Å². The highest BCUT2D eigenvalue weighted by Crippen LogP contribution is 2.42. The summed E-state index contributed by atoms with van der Waals surface area (Å²) in [5.74, 6) is 0.655. The lowest BCUT2D eigenvalue weighted by Gasteiger charge is -2.38. The van der Waals surface area contributed by atoms with E-state index in [4.69, 9.17) is 14.2 Å². The minimum atomic E-state index is -3.92. The molecule has 7 nitrogen and oxygen atoms in total. The number of benzene rings is 2. The Bertz CT molecular complexity index is 1230. The molecule has 1 saturated heterocycles. The number of fused-ring (bicyclic) bond motifs is 1. The van der Waals surface area contributed by atoms with Crippen LogP contribution >= 0.6 is 0 Å². The Morgan fingerprint density at radius 3 is 2.51 bits per heavy atom. The molecule has 37 heavy (non-hydrogen) atoms. The summed E-state index contributed by atoms with van der Waals surface area (Å²) in [7, 11) is -2.63. The van der Waals surface area contributed by atoms with Gasteiger partial charge in [0.1, 0.15) is 11.3 Å². The van der Waals surface area contributed by atoms with E-state index < -0.39 is 16.0 Å². The maximum absolute atomic E-state index is 14.1. The van der Waals surface area contributed by atoms with Crippen LogP contribution in [0.25, 0.3) is 0 Å². The highest BCUT2D eigenvalue weighted by molar-refractivity contribution is 7.92. The third kappa shape index (κ3) is 5.23. The van der Waals surface area contributed by atoms with Crippen LogP contribution in [0.15, 0.2) is 41.3 Å². The molecule has 200 valence electrons. The van der Waals surface area contributed by atoms with Crippen molar-refractivity contribution >= 4 is 21.7 Å². The zero-order chi connectivity index (χ0) is 26.0. The summed E-state index contributed by atoms with van der Waals surface area (Å²) >= 11 is 0. The molecule has 2 aliphatic heterocycles. The summed E-state index contributed by atoms with van der Waals surface area (Å²) in [5.41, 5.74) is 3.28. The normalized spacial score (nSPS) is 20.7. The van der Waals surface area contributed by atoms with Crippen LogP contribution < -0.4 is 9.04 Å². The van der Waals surface area contributed by atoms with Crippen LogP contribution in [-0.4, -0.2) is 47.4 Å². The van der Waals surface area contributed by atoms with Crippen LogP contribution in [0.1, 0.15) is 79.3 Å². The largest absolute Gasteiger partial charge is 0.492 e. The summed E-state index contributed by atoms with van der Waals surface area (Å²) in [6.45, 7) is 3.87. The average molecular weight is 528 g/mol. The van der Waals surface area contributed by atoms with Crippen molar-refractivity contribution in [1.82, 2.24) is 0 Å². The molecule has 0 unspecified atom stereocenters. The number of ether oxygens (including phenoxy) is 3. The van der Waals surface area contributed by atoms with E-state index in [1.807, 2.05) is 13.0 Å². The molecule has 0 radical (unpaired) electrons. The molecule has 1 saturated carbocycles. The van der Waals surface area contributed by atoms with Gasteiger partial charge in [0.05, 0.1) is 24.3 Å². The van der Waals surface area contributed by atoms with Crippen molar-refractivity contribution in [2.75, 3.05) is 31.2 Å². The molecule has 0 spiro atoms. The van der Waals surface area contributed by atoms with Gasteiger partial charge in [-0.05, 0) is 92.2 Å². The zero-order valence-electron chi connectivity index (χ0n) is 21.8. The number of nitrogens with zero attached hydrogens (tertiary/aromatic N) is 1. The Labute approximate surface area is 220 Å². The van der Waals surface area contributed by atoms with Crippen molar-refractivity contribution in [3.63, 3.8) is 0 Å². The molecule has 1 atom stereocenters. The SMILES string of the molecule is CC[C@@H]1CCc2cc(C3CCC3)ccc2N1S(=O)(=O)c1ccc(OCC2CCOCC2)c(C(=O)OC)c1. The molecule has 0 N–H and O–H groups in total. The van der Waals surface area contributed by atoms with E-state index in [1.54, 1.807) is 16.4 Å². The first-order chi connectivity index (χ1) is 17.9. The Balaban J connectivity index is 1.47. The number of hydrogen-bond acceptors (Lipinski definition) is 6. The first kappa shape index (κ1) is 26.0. The first-order valence-electron chi connectivity index (χ1n) is 13.5. The number of esters is 1. The van der Waals surface area contributed by atoms with Gasteiger partial charge in [-0.2, -0.15) is 0 Å². The van der Waals surface area contributed by atoms with E-state index in [0.717, 1.165) is 36.9 Å². The van der Waals surface area contributed by atoms with Crippen molar-refractivity contribution in [1.29, 1.82) is 0 Å². The second-order valence-corrected chi connectivity index (χ2v) is 12.2. The molecule has 0 bridgehead atoms. The number of hydrogen-bond donors (Lipinski definition) is 0. The van der Waals surface area contributed by atoms with E-state index in [2.05, 4.69) is 12.1 Å². The monoisotopic (exact) mass is 527 g/mol. The molecule has 0 amide bonds. The van der Waals surface area contributed by atoms with Gasteiger partial charge in [-0.25, -0.2) is 13.2 Å². The molecule has 2 aromatic carbocycles. The van der Waals surface area contributed by atoms with Crippen molar-refractivity contribution in [3.05, 3.63) is 53.1 Å². The van der Waals surface area contributed by atoms with Gasteiger partial charge in [-0.15, -0.1) is 0 Å². The van der Waals surface area contributed by atoms with Crippen LogP contribution in [-0.2, 0) is 25.9 Å². The number of carbonyl (C=O) groups is 1. The summed E-state index contributed by atoms with van der Waals surface area (Å²) in [5, 5.41) is 0. The first-order valence-corrected chi connectivity index (χ1v) is 15.0. The smallest absolute Gasteiger partial charge is 0.341 e.